The molecule has 1 heterocycles. The Morgan fingerprint density at radius 3 is 2.80 bits per heavy atom. The average Bonchev–Trinajstić information content (AvgIpc) is 2.66. The molecule has 0 fully saturated rings. The topological polar surface area (TPSA) is 50.1 Å². The summed E-state index contributed by atoms with van der Waals surface area (Å²) in [5.41, 5.74) is 1.20. The smallest absolute Gasteiger partial charge is 0.0537 e. The van der Waals surface area contributed by atoms with E-state index in [1.54, 1.807) is 0 Å². The van der Waals surface area contributed by atoms with Crippen LogP contribution in [0.1, 0.15) is 38.8 Å². The minimum Gasteiger partial charge on any atom is -0.396 e. The molecule has 2 N–H and O–H groups in total. The highest BCUT2D eigenvalue weighted by atomic mass is 16.3. The second-order valence-electron chi connectivity index (χ2n) is 3.93. The third-order valence-electron chi connectivity index (χ3n) is 2.57. The maximum Gasteiger partial charge on any atom is 0.0537 e. The van der Waals surface area contributed by atoms with Gasteiger partial charge in [-0.25, -0.2) is 0 Å². The molecule has 1 rings (SSSR count). The summed E-state index contributed by atoms with van der Waals surface area (Å²) in [6.07, 6.45) is 4.74. The molecule has 0 saturated heterocycles. The van der Waals surface area contributed by atoms with Gasteiger partial charge < -0.3 is 10.4 Å². The fraction of sp³-hybridized carbons (Fsp3) is 0.727. The van der Waals surface area contributed by atoms with Crippen molar-refractivity contribution in [3.8, 4) is 0 Å². The molecule has 2 atom stereocenters. The molecule has 0 spiro atoms. The van der Waals surface area contributed by atoms with Gasteiger partial charge in [0.05, 0.1) is 6.20 Å². The minimum atomic E-state index is 0.231. The SMILES string of the molecule is CCn1cc(C(C)NC(C)CCO)cn1. The molecule has 0 amide bonds. The Labute approximate surface area is 91.3 Å². The second-order valence-corrected chi connectivity index (χ2v) is 3.93. The number of aliphatic hydroxyl groups is 1. The number of nitrogens with zero attached hydrogens (tertiary/aromatic N) is 2. The standard InChI is InChI=1S/C11H21N3O/c1-4-14-8-11(7-12-14)10(3)13-9(2)5-6-15/h7-10,13,15H,4-6H2,1-3H3. The monoisotopic (exact) mass is 211 g/mol. The van der Waals surface area contributed by atoms with E-state index in [2.05, 4.69) is 37.4 Å². The van der Waals surface area contributed by atoms with E-state index >= 15 is 0 Å². The minimum absolute atomic E-state index is 0.231. The van der Waals surface area contributed by atoms with Crippen LogP contribution >= 0.6 is 0 Å². The van der Waals surface area contributed by atoms with Crippen LogP contribution in [0, 0.1) is 0 Å². The maximum atomic E-state index is 8.81. The van der Waals surface area contributed by atoms with Gasteiger partial charge in [0.15, 0.2) is 0 Å². The third kappa shape index (κ3) is 3.64. The van der Waals surface area contributed by atoms with Crippen molar-refractivity contribution in [3.63, 3.8) is 0 Å². The quantitative estimate of drug-likeness (QED) is 0.746. The van der Waals surface area contributed by atoms with E-state index in [1.165, 1.54) is 5.56 Å². The van der Waals surface area contributed by atoms with E-state index in [4.69, 9.17) is 5.11 Å². The van der Waals surface area contributed by atoms with Crippen molar-refractivity contribution >= 4 is 0 Å². The Balaban J connectivity index is 2.49. The molecule has 0 aliphatic carbocycles. The Morgan fingerprint density at radius 1 is 1.53 bits per heavy atom. The molecule has 0 aliphatic heterocycles. The first kappa shape index (κ1) is 12.2. The molecule has 4 nitrogen and oxygen atoms in total. The first-order valence-electron chi connectivity index (χ1n) is 5.56. The van der Waals surface area contributed by atoms with E-state index in [9.17, 15) is 0 Å². The molecule has 0 aliphatic rings. The van der Waals surface area contributed by atoms with Crippen molar-refractivity contribution < 1.29 is 5.11 Å². The summed E-state index contributed by atoms with van der Waals surface area (Å²) in [7, 11) is 0. The van der Waals surface area contributed by atoms with E-state index in [0.29, 0.717) is 6.04 Å². The highest BCUT2D eigenvalue weighted by Gasteiger charge is 2.10. The molecule has 15 heavy (non-hydrogen) atoms. The number of rotatable bonds is 6. The van der Waals surface area contributed by atoms with Gasteiger partial charge in [0, 0.05) is 37.0 Å². The van der Waals surface area contributed by atoms with E-state index < -0.39 is 0 Å². The van der Waals surface area contributed by atoms with Gasteiger partial charge in [-0.3, -0.25) is 4.68 Å². The fourth-order valence-electron chi connectivity index (χ4n) is 1.58. The number of aliphatic hydroxyl groups excluding tert-OH is 1. The van der Waals surface area contributed by atoms with Crippen molar-refractivity contribution in [3.05, 3.63) is 18.0 Å². The van der Waals surface area contributed by atoms with Gasteiger partial charge >= 0.3 is 0 Å². The first-order chi connectivity index (χ1) is 7.17. The van der Waals surface area contributed by atoms with Gasteiger partial charge in [0.2, 0.25) is 0 Å². The van der Waals surface area contributed by atoms with E-state index in [-0.39, 0.29) is 12.6 Å². The van der Waals surface area contributed by atoms with Crippen LogP contribution in [0.25, 0.3) is 0 Å². The van der Waals surface area contributed by atoms with Gasteiger partial charge in [-0.1, -0.05) is 0 Å². The van der Waals surface area contributed by atoms with Crippen LogP contribution in [0.2, 0.25) is 0 Å². The zero-order chi connectivity index (χ0) is 11.3. The Hall–Kier alpha value is -0.870. The van der Waals surface area contributed by atoms with Crippen molar-refractivity contribution in [1.82, 2.24) is 15.1 Å². The normalized spacial score (nSPS) is 15.2. The van der Waals surface area contributed by atoms with Crippen molar-refractivity contribution in [2.24, 2.45) is 0 Å². The molecule has 4 heteroatoms. The van der Waals surface area contributed by atoms with E-state index in [1.807, 2.05) is 10.9 Å². The zero-order valence-corrected chi connectivity index (χ0v) is 9.77. The van der Waals surface area contributed by atoms with Crippen LogP contribution < -0.4 is 5.32 Å². The lowest BCUT2D eigenvalue weighted by Crippen LogP contribution is -2.29. The van der Waals surface area contributed by atoms with Crippen LogP contribution in [-0.4, -0.2) is 27.5 Å². The van der Waals surface area contributed by atoms with Gasteiger partial charge in [-0.15, -0.1) is 0 Å². The third-order valence-corrected chi connectivity index (χ3v) is 2.57. The van der Waals surface area contributed by atoms with Gasteiger partial charge in [-0.05, 0) is 27.2 Å². The van der Waals surface area contributed by atoms with Crippen LogP contribution in [-0.2, 0) is 6.54 Å². The lowest BCUT2D eigenvalue weighted by Gasteiger charge is -2.18. The summed E-state index contributed by atoms with van der Waals surface area (Å²) in [4.78, 5) is 0. The summed E-state index contributed by atoms with van der Waals surface area (Å²) in [6.45, 7) is 7.40. The summed E-state index contributed by atoms with van der Waals surface area (Å²) >= 11 is 0. The number of aromatic nitrogens is 2. The molecular formula is C11H21N3O. The predicted octanol–water partition coefficient (Wildman–Crippen LogP) is 1.32. The zero-order valence-electron chi connectivity index (χ0n) is 9.77. The van der Waals surface area contributed by atoms with Crippen LogP contribution in [0.3, 0.4) is 0 Å². The average molecular weight is 211 g/mol. The van der Waals surface area contributed by atoms with Crippen molar-refractivity contribution in [2.45, 2.75) is 45.8 Å². The summed E-state index contributed by atoms with van der Waals surface area (Å²) in [5, 5.41) is 16.5. The number of hydrogen-bond donors (Lipinski definition) is 2. The summed E-state index contributed by atoms with van der Waals surface area (Å²) < 4.78 is 1.92. The largest absolute Gasteiger partial charge is 0.396 e. The van der Waals surface area contributed by atoms with Crippen LogP contribution in [0.5, 0.6) is 0 Å². The van der Waals surface area contributed by atoms with Crippen LogP contribution in [0.15, 0.2) is 12.4 Å². The Morgan fingerprint density at radius 2 is 2.27 bits per heavy atom. The second kappa shape index (κ2) is 5.88. The number of hydrogen-bond acceptors (Lipinski definition) is 3. The van der Waals surface area contributed by atoms with Crippen molar-refractivity contribution in [1.29, 1.82) is 0 Å². The molecule has 0 saturated carbocycles. The van der Waals surface area contributed by atoms with Crippen LogP contribution in [0.4, 0.5) is 0 Å². The molecule has 0 bridgehead atoms. The fourth-order valence-corrected chi connectivity index (χ4v) is 1.58. The summed E-state index contributed by atoms with van der Waals surface area (Å²) in [5.74, 6) is 0. The molecule has 2 unspecified atom stereocenters. The van der Waals surface area contributed by atoms with Gasteiger partial charge in [0.1, 0.15) is 0 Å². The lowest BCUT2D eigenvalue weighted by molar-refractivity contribution is 0.264. The Bertz CT molecular complexity index is 285. The molecule has 0 aromatic carbocycles. The Kier molecular flexibility index (Phi) is 4.78. The van der Waals surface area contributed by atoms with Crippen molar-refractivity contribution in [2.75, 3.05) is 6.61 Å². The number of nitrogens with one attached hydrogen (secondary N) is 1. The highest BCUT2D eigenvalue weighted by Crippen LogP contribution is 2.12. The molecule has 1 aromatic heterocycles. The number of aryl methyl sites for hydroxylation is 1. The maximum absolute atomic E-state index is 8.81. The molecule has 86 valence electrons. The first-order valence-corrected chi connectivity index (χ1v) is 5.56. The lowest BCUT2D eigenvalue weighted by atomic mass is 10.1. The molecule has 0 radical (unpaired) electrons. The van der Waals surface area contributed by atoms with E-state index in [0.717, 1.165) is 13.0 Å². The molecule has 1 aromatic rings. The predicted molar refractivity (Wildman–Crippen MR) is 60.6 cm³/mol. The molecular weight excluding hydrogens is 190 g/mol. The van der Waals surface area contributed by atoms with Gasteiger partial charge in [0.25, 0.3) is 0 Å². The van der Waals surface area contributed by atoms with Gasteiger partial charge in [-0.2, -0.15) is 5.10 Å². The highest BCUT2D eigenvalue weighted by molar-refractivity contribution is 5.09. The summed E-state index contributed by atoms with van der Waals surface area (Å²) in [6, 6.07) is 0.613.